The highest BCUT2D eigenvalue weighted by atomic mass is 35.5. The van der Waals surface area contributed by atoms with Gasteiger partial charge in [-0.15, -0.1) is 0 Å². The van der Waals surface area contributed by atoms with Crippen molar-refractivity contribution in [1.82, 2.24) is 15.2 Å². The monoisotopic (exact) mass is 385 g/mol. The van der Waals surface area contributed by atoms with Gasteiger partial charge in [-0.1, -0.05) is 16.8 Å². The molecule has 1 amide bonds. The predicted molar refractivity (Wildman–Crippen MR) is 93.9 cm³/mol. The van der Waals surface area contributed by atoms with E-state index in [4.69, 9.17) is 16.1 Å². The first kappa shape index (κ1) is 19.4. The second-order valence-corrected chi connectivity index (χ2v) is 8.68. The van der Waals surface area contributed by atoms with Gasteiger partial charge in [-0.2, -0.15) is 0 Å². The summed E-state index contributed by atoms with van der Waals surface area (Å²) in [6, 6.07) is 5.79. The van der Waals surface area contributed by atoms with Crippen LogP contribution in [-0.4, -0.2) is 25.0 Å². The number of aryl methyl sites for hydroxylation is 1. The number of rotatable bonds is 5. The normalized spacial score (nSPS) is 12.2. The Bertz CT molecular complexity index is 885. The van der Waals surface area contributed by atoms with E-state index in [9.17, 15) is 13.2 Å². The van der Waals surface area contributed by atoms with E-state index in [1.165, 1.54) is 18.2 Å². The van der Waals surface area contributed by atoms with Crippen molar-refractivity contribution in [3.05, 3.63) is 46.3 Å². The fraction of sp³-hybridized carbons (Fsp3) is 0.375. The second kappa shape index (κ2) is 7.15. The van der Waals surface area contributed by atoms with Gasteiger partial charge in [-0.05, 0) is 45.9 Å². The molecule has 0 aliphatic heterocycles. The van der Waals surface area contributed by atoms with Gasteiger partial charge in [-0.25, -0.2) is 13.1 Å². The van der Waals surface area contributed by atoms with E-state index < -0.39 is 21.5 Å². The standard InChI is InChI=1S/C16H20ClN3O4S/c1-10-7-12(24-19-10)9-18-15(21)11-5-6-13(17)14(8-11)25(22,23)20-16(2,3)4/h5-8,20H,9H2,1-4H3,(H,18,21). The third kappa shape index (κ3) is 5.29. The Morgan fingerprint density at radius 2 is 1.96 bits per heavy atom. The minimum atomic E-state index is -3.86. The minimum absolute atomic E-state index is 0.0409. The number of halogens is 1. The molecule has 0 aliphatic rings. The number of nitrogens with one attached hydrogen (secondary N) is 2. The van der Waals surface area contributed by atoms with Crippen molar-refractivity contribution in [2.75, 3.05) is 0 Å². The van der Waals surface area contributed by atoms with Gasteiger partial charge < -0.3 is 9.84 Å². The van der Waals surface area contributed by atoms with Crippen LogP contribution in [0, 0.1) is 6.92 Å². The lowest BCUT2D eigenvalue weighted by atomic mass is 10.1. The van der Waals surface area contributed by atoms with Crippen LogP contribution in [0.5, 0.6) is 0 Å². The van der Waals surface area contributed by atoms with E-state index in [2.05, 4.69) is 15.2 Å². The third-order valence-corrected chi connectivity index (χ3v) is 5.26. The summed E-state index contributed by atoms with van der Waals surface area (Å²) in [6.07, 6.45) is 0. The molecule has 0 radical (unpaired) electrons. The summed E-state index contributed by atoms with van der Waals surface area (Å²) in [5, 5.41) is 6.41. The molecule has 1 aromatic carbocycles. The first-order valence-corrected chi connectivity index (χ1v) is 9.38. The maximum Gasteiger partial charge on any atom is 0.251 e. The van der Waals surface area contributed by atoms with Crippen molar-refractivity contribution >= 4 is 27.5 Å². The molecule has 0 saturated carbocycles. The fourth-order valence-electron chi connectivity index (χ4n) is 2.08. The molecule has 9 heteroatoms. The van der Waals surface area contributed by atoms with Crippen molar-refractivity contribution in [2.45, 2.75) is 44.7 Å². The summed E-state index contributed by atoms with van der Waals surface area (Å²) in [5.74, 6) is 0.0555. The summed E-state index contributed by atoms with van der Waals surface area (Å²) in [4.78, 5) is 12.1. The number of hydrogen-bond acceptors (Lipinski definition) is 5. The highest BCUT2D eigenvalue weighted by Crippen LogP contribution is 2.24. The van der Waals surface area contributed by atoms with Crippen LogP contribution in [0.3, 0.4) is 0 Å². The lowest BCUT2D eigenvalue weighted by Crippen LogP contribution is -2.40. The molecule has 2 N–H and O–H groups in total. The molecule has 0 atom stereocenters. The number of amides is 1. The van der Waals surface area contributed by atoms with Gasteiger partial charge in [0.1, 0.15) is 4.90 Å². The Kier molecular flexibility index (Phi) is 5.55. The maximum atomic E-state index is 12.5. The molecule has 0 fully saturated rings. The van der Waals surface area contributed by atoms with Gasteiger partial charge in [0, 0.05) is 17.2 Å². The van der Waals surface area contributed by atoms with E-state index >= 15 is 0 Å². The number of sulfonamides is 1. The van der Waals surface area contributed by atoms with Crippen LogP contribution in [-0.2, 0) is 16.6 Å². The lowest BCUT2D eigenvalue weighted by molar-refractivity contribution is 0.0947. The van der Waals surface area contributed by atoms with Crippen LogP contribution in [0.1, 0.15) is 42.6 Å². The Morgan fingerprint density at radius 1 is 1.28 bits per heavy atom. The molecule has 0 aliphatic carbocycles. The van der Waals surface area contributed by atoms with Crippen molar-refractivity contribution in [1.29, 1.82) is 0 Å². The van der Waals surface area contributed by atoms with E-state index in [1.807, 2.05) is 0 Å². The zero-order valence-electron chi connectivity index (χ0n) is 14.4. The molecule has 1 heterocycles. The molecule has 7 nitrogen and oxygen atoms in total. The number of aromatic nitrogens is 1. The summed E-state index contributed by atoms with van der Waals surface area (Å²) < 4.78 is 32.5. The average molecular weight is 386 g/mol. The summed E-state index contributed by atoms with van der Waals surface area (Å²) in [6.45, 7) is 7.06. The van der Waals surface area contributed by atoms with Gasteiger partial charge in [0.2, 0.25) is 10.0 Å². The van der Waals surface area contributed by atoms with Crippen LogP contribution in [0.2, 0.25) is 5.02 Å². The quantitative estimate of drug-likeness (QED) is 0.823. The van der Waals surface area contributed by atoms with Gasteiger partial charge in [0.05, 0.1) is 17.3 Å². The number of nitrogens with zero attached hydrogens (tertiary/aromatic N) is 1. The van der Waals surface area contributed by atoms with Gasteiger partial charge in [0.15, 0.2) is 5.76 Å². The van der Waals surface area contributed by atoms with Crippen LogP contribution < -0.4 is 10.0 Å². The molecule has 0 bridgehead atoms. The highest BCUT2D eigenvalue weighted by Gasteiger charge is 2.25. The molecule has 0 unspecified atom stereocenters. The molecular formula is C16H20ClN3O4S. The van der Waals surface area contributed by atoms with Crippen LogP contribution in [0.15, 0.2) is 33.7 Å². The molecule has 25 heavy (non-hydrogen) atoms. The Balaban J connectivity index is 2.21. The molecule has 0 saturated heterocycles. The smallest absolute Gasteiger partial charge is 0.251 e. The van der Waals surface area contributed by atoms with Crippen molar-refractivity contribution in [3.63, 3.8) is 0 Å². The van der Waals surface area contributed by atoms with Gasteiger partial charge in [0.25, 0.3) is 5.91 Å². The maximum absolute atomic E-state index is 12.5. The van der Waals surface area contributed by atoms with Gasteiger partial charge >= 0.3 is 0 Å². The van der Waals surface area contributed by atoms with Crippen LogP contribution >= 0.6 is 11.6 Å². The van der Waals surface area contributed by atoms with E-state index in [0.717, 1.165) is 0 Å². The molecule has 1 aromatic heterocycles. The van der Waals surface area contributed by atoms with E-state index in [0.29, 0.717) is 11.5 Å². The van der Waals surface area contributed by atoms with Crippen molar-refractivity contribution in [2.24, 2.45) is 0 Å². The topological polar surface area (TPSA) is 101 Å². The molecule has 0 spiro atoms. The lowest BCUT2D eigenvalue weighted by Gasteiger charge is -2.21. The average Bonchev–Trinajstić information content (AvgIpc) is 2.88. The van der Waals surface area contributed by atoms with Crippen molar-refractivity contribution in [3.8, 4) is 0 Å². The predicted octanol–water partition coefficient (Wildman–Crippen LogP) is 2.64. The summed E-state index contributed by atoms with van der Waals surface area (Å²) >= 11 is 6.02. The molecule has 2 rings (SSSR count). The molecule has 2 aromatic rings. The molecular weight excluding hydrogens is 366 g/mol. The number of benzene rings is 1. The zero-order valence-corrected chi connectivity index (χ0v) is 16.0. The van der Waals surface area contributed by atoms with Gasteiger partial charge in [-0.3, -0.25) is 4.79 Å². The van der Waals surface area contributed by atoms with E-state index in [-0.39, 0.29) is 22.0 Å². The summed E-state index contributed by atoms with van der Waals surface area (Å²) in [5.41, 5.74) is 0.206. The number of carbonyl (C=O) groups excluding carboxylic acids is 1. The second-order valence-electron chi connectivity index (χ2n) is 6.62. The summed E-state index contributed by atoms with van der Waals surface area (Å²) in [7, 11) is -3.86. The fourth-order valence-corrected chi connectivity index (χ4v) is 4.02. The van der Waals surface area contributed by atoms with Crippen LogP contribution in [0.25, 0.3) is 0 Å². The first-order valence-electron chi connectivity index (χ1n) is 7.52. The molecule has 136 valence electrons. The Morgan fingerprint density at radius 3 is 2.52 bits per heavy atom. The highest BCUT2D eigenvalue weighted by molar-refractivity contribution is 7.89. The zero-order chi connectivity index (χ0) is 18.8. The van der Waals surface area contributed by atoms with Crippen molar-refractivity contribution < 1.29 is 17.7 Å². The number of hydrogen-bond donors (Lipinski definition) is 2. The third-order valence-electron chi connectivity index (χ3n) is 3.02. The van der Waals surface area contributed by atoms with E-state index in [1.54, 1.807) is 33.8 Å². The first-order chi connectivity index (χ1) is 11.5. The SMILES string of the molecule is Cc1cc(CNC(=O)c2ccc(Cl)c(S(=O)(=O)NC(C)(C)C)c2)on1. The minimum Gasteiger partial charge on any atom is -0.359 e. The number of carbonyl (C=O) groups is 1. The largest absolute Gasteiger partial charge is 0.359 e. The Labute approximate surface area is 151 Å². The Hall–Kier alpha value is -1.90. The van der Waals surface area contributed by atoms with Crippen LogP contribution in [0.4, 0.5) is 0 Å².